The van der Waals surface area contributed by atoms with Gasteiger partial charge in [-0.1, -0.05) is 12.1 Å². The van der Waals surface area contributed by atoms with Crippen LogP contribution in [-0.4, -0.2) is 56.9 Å². The van der Waals surface area contributed by atoms with Crippen molar-refractivity contribution in [3.63, 3.8) is 0 Å². The van der Waals surface area contributed by atoms with Gasteiger partial charge >= 0.3 is 6.36 Å². The molecule has 1 aromatic rings. The molecule has 0 aliphatic carbocycles. The van der Waals surface area contributed by atoms with Crippen molar-refractivity contribution < 1.29 is 17.9 Å². The number of guanidine groups is 1. The first kappa shape index (κ1) is 20.8. The number of rotatable bonds is 4. The zero-order chi connectivity index (χ0) is 16.0. The number of benzene rings is 1. The number of alkyl halides is 3. The zero-order valence-corrected chi connectivity index (χ0v) is 15.3. The molecular weight excluding hydrogens is 410 g/mol. The normalized spacial score (nSPS) is 10.5. The van der Waals surface area contributed by atoms with E-state index in [4.69, 9.17) is 0 Å². The van der Waals surface area contributed by atoms with Crippen molar-refractivity contribution in [2.24, 2.45) is 4.99 Å². The van der Waals surface area contributed by atoms with Crippen LogP contribution in [0.1, 0.15) is 5.56 Å². The van der Waals surface area contributed by atoms with Crippen LogP contribution in [0.2, 0.25) is 0 Å². The molecule has 0 unspecified atom stereocenters. The molecule has 0 amide bonds. The van der Waals surface area contributed by atoms with E-state index < -0.39 is 6.36 Å². The number of hydrogen-bond acceptors (Lipinski definition) is 2. The van der Waals surface area contributed by atoms with Gasteiger partial charge in [-0.3, -0.25) is 4.99 Å². The maximum absolute atomic E-state index is 12.0. The van der Waals surface area contributed by atoms with Crippen LogP contribution in [0.5, 0.6) is 5.75 Å². The quantitative estimate of drug-likeness (QED) is 0.417. The van der Waals surface area contributed by atoms with Crippen molar-refractivity contribution in [3.05, 3.63) is 29.8 Å². The van der Waals surface area contributed by atoms with Gasteiger partial charge in [-0.25, -0.2) is 0 Å². The Morgan fingerprint density at radius 1 is 1.05 bits per heavy atom. The third kappa shape index (κ3) is 7.71. The van der Waals surface area contributed by atoms with E-state index >= 15 is 0 Å². The summed E-state index contributed by atoms with van der Waals surface area (Å²) in [6, 6.07) is 5.85. The molecule has 0 aromatic heterocycles. The summed E-state index contributed by atoms with van der Waals surface area (Å²) in [5.41, 5.74) is 0.908. The number of halogens is 4. The van der Waals surface area contributed by atoms with E-state index in [0.29, 0.717) is 13.0 Å². The van der Waals surface area contributed by atoms with E-state index in [1.165, 1.54) is 12.1 Å². The lowest BCUT2D eigenvalue weighted by Gasteiger charge is -2.22. The van der Waals surface area contributed by atoms with Crippen molar-refractivity contribution in [3.8, 4) is 5.75 Å². The second-order valence-corrected chi connectivity index (χ2v) is 4.91. The first-order valence-corrected chi connectivity index (χ1v) is 6.43. The monoisotopic (exact) mass is 431 g/mol. The Labute approximate surface area is 146 Å². The van der Waals surface area contributed by atoms with Crippen LogP contribution in [0, 0.1) is 0 Å². The van der Waals surface area contributed by atoms with Crippen LogP contribution >= 0.6 is 24.0 Å². The summed E-state index contributed by atoms with van der Waals surface area (Å²) < 4.78 is 39.9. The Bertz CT molecular complexity index is 463. The molecule has 0 aliphatic heterocycles. The Morgan fingerprint density at radius 3 is 1.95 bits per heavy atom. The van der Waals surface area contributed by atoms with E-state index in [0.717, 1.165) is 11.5 Å². The smallest absolute Gasteiger partial charge is 0.406 e. The van der Waals surface area contributed by atoms with Gasteiger partial charge in [-0.05, 0) is 24.1 Å². The third-order valence-electron chi connectivity index (χ3n) is 2.61. The van der Waals surface area contributed by atoms with Gasteiger partial charge in [0.25, 0.3) is 0 Å². The van der Waals surface area contributed by atoms with E-state index in [2.05, 4.69) is 9.73 Å². The molecule has 0 radical (unpaired) electrons. The lowest BCUT2D eigenvalue weighted by Crippen LogP contribution is -2.35. The van der Waals surface area contributed by atoms with Crippen LogP contribution in [-0.2, 0) is 6.42 Å². The largest absolute Gasteiger partial charge is 0.573 e. The summed E-state index contributed by atoms with van der Waals surface area (Å²) in [4.78, 5) is 8.26. The third-order valence-corrected chi connectivity index (χ3v) is 2.61. The van der Waals surface area contributed by atoms with Gasteiger partial charge in [-0.15, -0.1) is 37.1 Å². The Morgan fingerprint density at radius 2 is 1.55 bits per heavy atom. The van der Waals surface area contributed by atoms with Gasteiger partial charge in [0.15, 0.2) is 5.96 Å². The fourth-order valence-electron chi connectivity index (χ4n) is 1.83. The van der Waals surface area contributed by atoms with Crippen molar-refractivity contribution in [2.75, 3.05) is 34.7 Å². The maximum atomic E-state index is 12.0. The van der Waals surface area contributed by atoms with Crippen molar-refractivity contribution >= 4 is 29.9 Å². The van der Waals surface area contributed by atoms with Crippen LogP contribution in [0.25, 0.3) is 0 Å². The second kappa shape index (κ2) is 9.06. The first-order chi connectivity index (χ1) is 9.69. The summed E-state index contributed by atoms with van der Waals surface area (Å²) >= 11 is 0. The highest BCUT2D eigenvalue weighted by molar-refractivity contribution is 14.0. The summed E-state index contributed by atoms with van der Waals surface area (Å²) in [6.07, 6.45) is -4.00. The molecule has 22 heavy (non-hydrogen) atoms. The van der Waals surface area contributed by atoms with Crippen molar-refractivity contribution in [2.45, 2.75) is 12.8 Å². The average molecular weight is 431 g/mol. The molecule has 4 nitrogen and oxygen atoms in total. The van der Waals surface area contributed by atoms with E-state index in [1.54, 1.807) is 12.1 Å². The van der Waals surface area contributed by atoms with Gasteiger partial charge in [0, 0.05) is 34.7 Å². The maximum Gasteiger partial charge on any atom is 0.573 e. The summed E-state index contributed by atoms with van der Waals surface area (Å²) in [5, 5.41) is 0. The highest BCUT2D eigenvalue weighted by atomic mass is 127. The predicted octanol–water partition coefficient (Wildman–Crippen LogP) is 3.22. The Kier molecular flexibility index (Phi) is 8.57. The minimum atomic E-state index is -4.65. The minimum absolute atomic E-state index is 0. The molecule has 0 saturated heterocycles. The molecule has 0 atom stereocenters. The van der Waals surface area contributed by atoms with Crippen LogP contribution in [0.4, 0.5) is 13.2 Å². The van der Waals surface area contributed by atoms with E-state index in [-0.39, 0.29) is 29.7 Å². The molecule has 1 rings (SSSR count). The molecule has 0 N–H and O–H groups in total. The molecule has 0 spiro atoms. The number of ether oxygens (including phenoxy) is 1. The minimum Gasteiger partial charge on any atom is -0.406 e. The van der Waals surface area contributed by atoms with Gasteiger partial charge in [0.05, 0.1) is 0 Å². The molecule has 0 bridgehead atoms. The van der Waals surface area contributed by atoms with Gasteiger partial charge < -0.3 is 14.5 Å². The molecule has 126 valence electrons. The standard InChI is InChI=1S/C14H20F3N3O.HI/c1-19(2)13(20(3)4)18-10-9-11-5-7-12(8-6-11)21-14(15,16)17;/h5-8H,9-10H2,1-4H3;1H. The summed E-state index contributed by atoms with van der Waals surface area (Å²) in [5.74, 6) is 0.629. The van der Waals surface area contributed by atoms with Crippen LogP contribution in [0.15, 0.2) is 29.3 Å². The molecule has 8 heteroatoms. The topological polar surface area (TPSA) is 28.1 Å². The zero-order valence-electron chi connectivity index (χ0n) is 13.0. The highest BCUT2D eigenvalue weighted by Crippen LogP contribution is 2.22. The molecule has 0 aliphatic rings. The van der Waals surface area contributed by atoms with Gasteiger partial charge in [0.1, 0.15) is 5.75 Å². The number of aliphatic imine (C=N–C) groups is 1. The fraction of sp³-hybridized carbons (Fsp3) is 0.500. The van der Waals surface area contributed by atoms with Crippen LogP contribution < -0.4 is 4.74 Å². The van der Waals surface area contributed by atoms with E-state index in [9.17, 15) is 13.2 Å². The lowest BCUT2D eigenvalue weighted by atomic mass is 10.1. The van der Waals surface area contributed by atoms with E-state index in [1.807, 2.05) is 38.0 Å². The molecule has 1 aromatic carbocycles. The number of hydrogen-bond donors (Lipinski definition) is 0. The average Bonchev–Trinajstić information content (AvgIpc) is 2.33. The SMILES string of the molecule is CN(C)C(=NCCc1ccc(OC(F)(F)F)cc1)N(C)C.I. The number of nitrogens with zero attached hydrogens (tertiary/aromatic N) is 3. The summed E-state index contributed by atoms with van der Waals surface area (Å²) in [7, 11) is 7.62. The second-order valence-electron chi connectivity index (χ2n) is 4.91. The Hall–Kier alpha value is -1.19. The van der Waals surface area contributed by atoms with Crippen molar-refractivity contribution in [1.29, 1.82) is 0 Å². The fourth-order valence-corrected chi connectivity index (χ4v) is 1.83. The van der Waals surface area contributed by atoms with Gasteiger partial charge in [0.2, 0.25) is 0 Å². The molecular formula is C14H21F3IN3O. The predicted molar refractivity (Wildman–Crippen MR) is 91.9 cm³/mol. The van der Waals surface area contributed by atoms with Crippen LogP contribution in [0.3, 0.4) is 0 Å². The molecule has 0 heterocycles. The summed E-state index contributed by atoms with van der Waals surface area (Å²) in [6.45, 7) is 0.561. The van der Waals surface area contributed by atoms with Crippen molar-refractivity contribution in [1.82, 2.24) is 9.80 Å². The Balaban J connectivity index is 0.00000441. The first-order valence-electron chi connectivity index (χ1n) is 6.43. The highest BCUT2D eigenvalue weighted by Gasteiger charge is 2.30. The molecule has 0 saturated carbocycles. The lowest BCUT2D eigenvalue weighted by molar-refractivity contribution is -0.274. The molecule has 0 fully saturated rings. The van der Waals surface area contributed by atoms with Gasteiger partial charge in [-0.2, -0.15) is 0 Å².